The topological polar surface area (TPSA) is 17.0 Å². The van der Waals surface area contributed by atoms with Crippen molar-refractivity contribution in [3.05, 3.63) is 24.0 Å². The van der Waals surface area contributed by atoms with Crippen LogP contribution in [0.3, 0.4) is 0 Å². The smallest absolute Gasteiger partial charge is 0.0332 e. The first kappa shape index (κ1) is 14.7. The van der Waals surface area contributed by atoms with Gasteiger partial charge in [0.1, 0.15) is 0 Å². The second-order valence-corrected chi connectivity index (χ2v) is 5.65. The zero-order valence-electron chi connectivity index (χ0n) is 11.4. The van der Waals surface area contributed by atoms with Gasteiger partial charge in [-0.25, -0.2) is 0 Å². The molecule has 2 nitrogen and oxygen atoms in total. The minimum atomic E-state index is 0.520. The Hall–Kier alpha value is -0.410. The van der Waals surface area contributed by atoms with Crippen molar-refractivity contribution in [2.45, 2.75) is 46.2 Å². The molecule has 1 aromatic heterocycles. The van der Waals surface area contributed by atoms with Gasteiger partial charge >= 0.3 is 0 Å². The molecule has 0 fully saturated rings. The van der Waals surface area contributed by atoms with Crippen LogP contribution in [0.2, 0.25) is 0 Å². The zero-order valence-corrected chi connectivity index (χ0v) is 12.2. The van der Waals surface area contributed by atoms with Crippen LogP contribution < -0.4 is 5.32 Å². The third kappa shape index (κ3) is 5.17. The van der Waals surface area contributed by atoms with Crippen molar-refractivity contribution < 1.29 is 0 Å². The standard InChI is InChI=1S/C14H26N2S/c1-4-14(15-5-2)13-8-10-16(12-13)9-7-11-17-6-3/h8,10,12,14-15H,4-7,9,11H2,1-3H3. The average molecular weight is 254 g/mol. The summed E-state index contributed by atoms with van der Waals surface area (Å²) >= 11 is 2.03. The fourth-order valence-corrected chi connectivity index (χ4v) is 2.66. The Balaban J connectivity index is 2.40. The molecule has 0 aliphatic carbocycles. The van der Waals surface area contributed by atoms with E-state index in [1.54, 1.807) is 0 Å². The van der Waals surface area contributed by atoms with Crippen LogP contribution in [-0.2, 0) is 6.54 Å². The highest BCUT2D eigenvalue weighted by atomic mass is 32.2. The number of nitrogens with zero attached hydrogens (tertiary/aromatic N) is 1. The van der Waals surface area contributed by atoms with Crippen LogP contribution in [0.15, 0.2) is 18.5 Å². The third-order valence-electron chi connectivity index (χ3n) is 2.94. The van der Waals surface area contributed by atoms with Crippen molar-refractivity contribution in [2.75, 3.05) is 18.1 Å². The number of aryl methyl sites for hydroxylation is 1. The maximum absolute atomic E-state index is 3.52. The van der Waals surface area contributed by atoms with Gasteiger partial charge in [0, 0.05) is 25.0 Å². The maximum atomic E-state index is 3.52. The molecule has 0 aliphatic heterocycles. The maximum Gasteiger partial charge on any atom is 0.0332 e. The van der Waals surface area contributed by atoms with Gasteiger partial charge in [-0.05, 0) is 42.5 Å². The van der Waals surface area contributed by atoms with Crippen LogP contribution in [-0.4, -0.2) is 22.6 Å². The lowest BCUT2D eigenvalue weighted by Gasteiger charge is -2.13. The predicted molar refractivity (Wildman–Crippen MR) is 78.8 cm³/mol. The summed E-state index contributed by atoms with van der Waals surface area (Å²) in [5.74, 6) is 2.50. The van der Waals surface area contributed by atoms with Gasteiger partial charge in [0.05, 0.1) is 0 Å². The average Bonchev–Trinajstić information content (AvgIpc) is 2.80. The van der Waals surface area contributed by atoms with E-state index in [0.717, 1.165) is 19.5 Å². The Labute approximate surface area is 110 Å². The molecule has 0 saturated heterocycles. The van der Waals surface area contributed by atoms with Gasteiger partial charge in [0.25, 0.3) is 0 Å². The molecule has 0 radical (unpaired) electrons. The molecule has 0 saturated carbocycles. The van der Waals surface area contributed by atoms with Gasteiger partial charge < -0.3 is 9.88 Å². The Morgan fingerprint density at radius 3 is 2.82 bits per heavy atom. The summed E-state index contributed by atoms with van der Waals surface area (Å²) < 4.78 is 2.32. The molecular weight excluding hydrogens is 228 g/mol. The number of thioether (sulfide) groups is 1. The fraction of sp³-hybridized carbons (Fsp3) is 0.714. The predicted octanol–water partition coefficient (Wildman–Crippen LogP) is 3.69. The first-order valence-electron chi connectivity index (χ1n) is 6.78. The second-order valence-electron chi connectivity index (χ2n) is 4.25. The van der Waals surface area contributed by atoms with Crippen LogP contribution in [0.1, 0.15) is 45.2 Å². The van der Waals surface area contributed by atoms with Crippen LogP contribution >= 0.6 is 11.8 Å². The van der Waals surface area contributed by atoms with Gasteiger partial charge in [-0.2, -0.15) is 11.8 Å². The number of hydrogen-bond acceptors (Lipinski definition) is 2. The molecule has 1 unspecified atom stereocenters. The van der Waals surface area contributed by atoms with Crippen LogP contribution in [0, 0.1) is 0 Å². The lowest BCUT2D eigenvalue weighted by molar-refractivity contribution is 0.535. The van der Waals surface area contributed by atoms with E-state index in [0.29, 0.717) is 6.04 Å². The van der Waals surface area contributed by atoms with Gasteiger partial charge in [-0.1, -0.05) is 20.8 Å². The van der Waals surface area contributed by atoms with Crippen LogP contribution in [0.5, 0.6) is 0 Å². The van der Waals surface area contributed by atoms with Crippen LogP contribution in [0.4, 0.5) is 0 Å². The highest BCUT2D eigenvalue weighted by molar-refractivity contribution is 7.99. The van der Waals surface area contributed by atoms with Crippen molar-refractivity contribution in [1.82, 2.24) is 9.88 Å². The summed E-state index contributed by atoms with van der Waals surface area (Å²) in [6.45, 7) is 8.82. The molecule has 0 aliphatic rings. The lowest BCUT2D eigenvalue weighted by atomic mass is 10.1. The van der Waals surface area contributed by atoms with Crippen molar-refractivity contribution in [3.8, 4) is 0 Å². The highest BCUT2D eigenvalue weighted by Crippen LogP contribution is 2.17. The fourth-order valence-electron chi connectivity index (χ4n) is 2.04. The van der Waals surface area contributed by atoms with Gasteiger partial charge in [0.2, 0.25) is 0 Å². The molecule has 1 aromatic rings. The first-order valence-corrected chi connectivity index (χ1v) is 7.94. The minimum absolute atomic E-state index is 0.520. The highest BCUT2D eigenvalue weighted by Gasteiger charge is 2.08. The normalized spacial score (nSPS) is 12.9. The van der Waals surface area contributed by atoms with Gasteiger partial charge in [0.15, 0.2) is 0 Å². The minimum Gasteiger partial charge on any atom is -0.354 e. The van der Waals surface area contributed by atoms with E-state index in [2.05, 4.69) is 49.1 Å². The summed E-state index contributed by atoms with van der Waals surface area (Å²) in [6, 6.07) is 2.77. The quantitative estimate of drug-likeness (QED) is 0.677. The van der Waals surface area contributed by atoms with Gasteiger partial charge in [-0.15, -0.1) is 0 Å². The van der Waals surface area contributed by atoms with E-state index in [4.69, 9.17) is 0 Å². The Morgan fingerprint density at radius 1 is 1.35 bits per heavy atom. The molecule has 3 heteroatoms. The van der Waals surface area contributed by atoms with Crippen LogP contribution in [0.25, 0.3) is 0 Å². The van der Waals surface area contributed by atoms with Crippen molar-refractivity contribution in [2.24, 2.45) is 0 Å². The molecule has 0 aromatic carbocycles. The van der Waals surface area contributed by atoms with E-state index in [1.807, 2.05) is 11.8 Å². The molecule has 98 valence electrons. The van der Waals surface area contributed by atoms with E-state index in [-0.39, 0.29) is 0 Å². The summed E-state index contributed by atoms with van der Waals surface area (Å²) in [5, 5.41) is 3.52. The molecule has 1 atom stereocenters. The molecule has 17 heavy (non-hydrogen) atoms. The van der Waals surface area contributed by atoms with E-state index in [9.17, 15) is 0 Å². The molecule has 1 N–H and O–H groups in total. The monoisotopic (exact) mass is 254 g/mol. The Morgan fingerprint density at radius 2 is 2.18 bits per heavy atom. The van der Waals surface area contributed by atoms with E-state index in [1.165, 1.54) is 23.5 Å². The summed E-state index contributed by atoms with van der Waals surface area (Å²) in [7, 11) is 0. The number of hydrogen-bond donors (Lipinski definition) is 1. The Kier molecular flexibility index (Phi) is 7.45. The number of aromatic nitrogens is 1. The molecule has 0 amide bonds. The first-order chi connectivity index (χ1) is 8.31. The summed E-state index contributed by atoms with van der Waals surface area (Å²) in [4.78, 5) is 0. The van der Waals surface area contributed by atoms with E-state index < -0.39 is 0 Å². The third-order valence-corrected chi connectivity index (χ3v) is 3.93. The van der Waals surface area contributed by atoms with Crippen molar-refractivity contribution >= 4 is 11.8 Å². The van der Waals surface area contributed by atoms with Crippen molar-refractivity contribution in [3.63, 3.8) is 0 Å². The molecule has 1 heterocycles. The molecular formula is C14H26N2S. The zero-order chi connectivity index (χ0) is 12.5. The lowest BCUT2D eigenvalue weighted by Crippen LogP contribution is -2.19. The Bertz CT molecular complexity index is 296. The molecule has 0 bridgehead atoms. The van der Waals surface area contributed by atoms with Gasteiger partial charge in [-0.3, -0.25) is 0 Å². The number of nitrogens with one attached hydrogen (secondary N) is 1. The SMILES string of the molecule is CCNC(CC)c1ccn(CCCSCC)c1. The number of rotatable bonds is 9. The van der Waals surface area contributed by atoms with Crippen molar-refractivity contribution in [1.29, 1.82) is 0 Å². The largest absolute Gasteiger partial charge is 0.354 e. The summed E-state index contributed by atoms with van der Waals surface area (Å²) in [6.07, 6.45) is 6.94. The molecule has 1 rings (SSSR count). The molecule has 0 spiro atoms. The van der Waals surface area contributed by atoms with E-state index >= 15 is 0 Å². The second kappa shape index (κ2) is 8.65. The summed E-state index contributed by atoms with van der Waals surface area (Å²) in [5.41, 5.74) is 1.43.